The van der Waals surface area contributed by atoms with Crippen LogP contribution < -0.4 is 5.43 Å². The SMILES string of the molecule is CN(C)CCC[N+]1(NC=O)CCCCC1CCO. The van der Waals surface area contributed by atoms with E-state index in [0.29, 0.717) is 10.6 Å². The van der Waals surface area contributed by atoms with Crippen LogP contribution in [0.4, 0.5) is 0 Å². The Balaban J connectivity index is 2.64. The van der Waals surface area contributed by atoms with E-state index in [0.717, 1.165) is 51.7 Å². The molecular weight excluding hydrogens is 230 g/mol. The number of quaternary nitrogens is 1. The third kappa shape index (κ3) is 4.23. The van der Waals surface area contributed by atoms with Crippen molar-refractivity contribution in [2.24, 2.45) is 0 Å². The van der Waals surface area contributed by atoms with Crippen molar-refractivity contribution >= 4 is 6.41 Å². The van der Waals surface area contributed by atoms with Crippen molar-refractivity contribution in [3.63, 3.8) is 0 Å². The van der Waals surface area contributed by atoms with Crippen LogP contribution in [0.25, 0.3) is 0 Å². The lowest BCUT2D eigenvalue weighted by atomic mass is 9.98. The molecule has 1 fully saturated rings. The summed E-state index contributed by atoms with van der Waals surface area (Å²) in [6, 6.07) is 0.371. The fraction of sp³-hybridized carbons (Fsp3) is 0.923. The second-order valence-corrected chi connectivity index (χ2v) is 5.55. The van der Waals surface area contributed by atoms with Crippen LogP contribution >= 0.6 is 0 Å². The van der Waals surface area contributed by atoms with Gasteiger partial charge in [0.15, 0.2) is 0 Å². The number of hydrogen-bond donors (Lipinski definition) is 2. The Labute approximate surface area is 110 Å². The fourth-order valence-electron chi connectivity index (χ4n) is 3.05. The van der Waals surface area contributed by atoms with Gasteiger partial charge >= 0.3 is 0 Å². The number of carbonyl (C=O) groups excluding carboxylic acids is 1. The predicted octanol–water partition coefficient (Wildman–Crippen LogP) is 0.351. The molecule has 0 aromatic carbocycles. The summed E-state index contributed by atoms with van der Waals surface area (Å²) in [5, 5.41) is 9.20. The van der Waals surface area contributed by atoms with E-state index in [2.05, 4.69) is 24.4 Å². The van der Waals surface area contributed by atoms with Gasteiger partial charge in [0.2, 0.25) is 0 Å². The molecule has 2 unspecified atom stereocenters. The van der Waals surface area contributed by atoms with Gasteiger partial charge in [-0.25, -0.2) is 10.0 Å². The Kier molecular flexibility index (Phi) is 6.60. The maximum atomic E-state index is 10.9. The van der Waals surface area contributed by atoms with Crippen molar-refractivity contribution in [2.45, 2.75) is 38.1 Å². The summed E-state index contributed by atoms with van der Waals surface area (Å²) in [5.41, 5.74) is 3.03. The average Bonchev–Trinajstić information content (AvgIpc) is 2.32. The third-order valence-electron chi connectivity index (χ3n) is 3.98. The van der Waals surface area contributed by atoms with E-state index in [1.54, 1.807) is 0 Å². The third-order valence-corrected chi connectivity index (χ3v) is 3.98. The Bertz CT molecular complexity index is 246. The smallest absolute Gasteiger partial charge is 0.252 e. The highest BCUT2D eigenvalue weighted by Crippen LogP contribution is 2.26. The summed E-state index contributed by atoms with van der Waals surface area (Å²) in [6.07, 6.45) is 6.14. The summed E-state index contributed by atoms with van der Waals surface area (Å²) >= 11 is 0. The first-order chi connectivity index (χ1) is 8.64. The van der Waals surface area contributed by atoms with E-state index >= 15 is 0 Å². The number of piperidine rings is 1. The average molecular weight is 258 g/mol. The molecule has 0 spiro atoms. The molecular formula is C13H28N3O2+. The van der Waals surface area contributed by atoms with Gasteiger partial charge in [-0.3, -0.25) is 4.79 Å². The van der Waals surface area contributed by atoms with E-state index in [4.69, 9.17) is 0 Å². The first kappa shape index (κ1) is 15.4. The van der Waals surface area contributed by atoms with Crippen molar-refractivity contribution in [3.05, 3.63) is 0 Å². The molecule has 0 aromatic rings. The van der Waals surface area contributed by atoms with Crippen molar-refractivity contribution in [1.82, 2.24) is 10.3 Å². The minimum Gasteiger partial charge on any atom is -0.396 e. The number of aliphatic hydroxyl groups excluding tert-OH is 1. The topological polar surface area (TPSA) is 52.6 Å². The van der Waals surface area contributed by atoms with Crippen LogP contribution in [0.5, 0.6) is 0 Å². The minimum atomic E-state index is 0.207. The maximum Gasteiger partial charge on any atom is 0.252 e. The molecule has 1 rings (SSSR count). The van der Waals surface area contributed by atoms with Gasteiger partial charge in [-0.05, 0) is 26.9 Å². The molecule has 1 saturated heterocycles. The Morgan fingerprint density at radius 1 is 1.44 bits per heavy atom. The van der Waals surface area contributed by atoms with E-state index in [9.17, 15) is 9.90 Å². The number of hydrogen-bond acceptors (Lipinski definition) is 3. The summed E-state index contributed by atoms with van der Waals surface area (Å²) in [7, 11) is 4.14. The quantitative estimate of drug-likeness (QED) is 0.488. The number of nitrogens with one attached hydrogen (secondary N) is 1. The van der Waals surface area contributed by atoms with E-state index in [1.165, 1.54) is 6.42 Å². The molecule has 1 heterocycles. The van der Waals surface area contributed by atoms with Crippen LogP contribution in [0, 0.1) is 0 Å². The monoisotopic (exact) mass is 258 g/mol. The molecule has 1 aliphatic rings. The number of likely N-dealkylation sites (tertiary alicyclic amines) is 1. The number of nitrogens with zero attached hydrogens (tertiary/aromatic N) is 2. The lowest BCUT2D eigenvalue weighted by molar-refractivity contribution is -0.987. The normalized spacial score (nSPS) is 28.3. The molecule has 0 aromatic heterocycles. The molecule has 1 amide bonds. The molecule has 5 nitrogen and oxygen atoms in total. The summed E-state index contributed by atoms with van der Waals surface area (Å²) in [6.45, 7) is 3.20. The molecule has 18 heavy (non-hydrogen) atoms. The molecule has 0 radical (unpaired) electrons. The van der Waals surface area contributed by atoms with Gasteiger partial charge < -0.3 is 10.0 Å². The first-order valence-corrected chi connectivity index (χ1v) is 6.98. The zero-order valence-electron chi connectivity index (χ0n) is 11.8. The van der Waals surface area contributed by atoms with Crippen molar-refractivity contribution in [3.8, 4) is 0 Å². The zero-order valence-corrected chi connectivity index (χ0v) is 11.8. The second kappa shape index (κ2) is 7.71. The van der Waals surface area contributed by atoms with E-state index in [-0.39, 0.29) is 6.61 Å². The first-order valence-electron chi connectivity index (χ1n) is 6.98. The Morgan fingerprint density at radius 3 is 2.83 bits per heavy atom. The lowest BCUT2D eigenvalue weighted by Crippen LogP contribution is -2.66. The van der Waals surface area contributed by atoms with Crippen LogP contribution in [-0.4, -0.2) is 67.4 Å². The Morgan fingerprint density at radius 2 is 2.22 bits per heavy atom. The van der Waals surface area contributed by atoms with Crippen LogP contribution in [-0.2, 0) is 4.79 Å². The molecule has 2 atom stereocenters. The van der Waals surface area contributed by atoms with E-state index < -0.39 is 0 Å². The minimum absolute atomic E-state index is 0.207. The van der Waals surface area contributed by atoms with Gasteiger partial charge in [-0.2, -0.15) is 0 Å². The van der Waals surface area contributed by atoms with Crippen molar-refractivity contribution in [2.75, 3.05) is 40.3 Å². The highest BCUT2D eigenvalue weighted by Gasteiger charge is 2.39. The van der Waals surface area contributed by atoms with Crippen molar-refractivity contribution in [1.29, 1.82) is 0 Å². The highest BCUT2D eigenvalue weighted by molar-refractivity contribution is 5.43. The summed E-state index contributed by atoms with van der Waals surface area (Å²) in [5.74, 6) is 0. The number of aliphatic hydroxyl groups is 1. The predicted molar refractivity (Wildman–Crippen MR) is 71.7 cm³/mol. The van der Waals surface area contributed by atoms with Gasteiger partial charge in [0.25, 0.3) is 6.41 Å². The van der Waals surface area contributed by atoms with Gasteiger partial charge in [0.05, 0.1) is 0 Å². The molecule has 0 bridgehead atoms. The summed E-state index contributed by atoms with van der Waals surface area (Å²) in [4.78, 5) is 13.1. The maximum absolute atomic E-state index is 10.9. The fourth-order valence-corrected chi connectivity index (χ4v) is 3.05. The molecule has 106 valence electrons. The highest BCUT2D eigenvalue weighted by atomic mass is 16.3. The molecule has 5 heteroatoms. The van der Waals surface area contributed by atoms with Gasteiger partial charge in [0, 0.05) is 32.4 Å². The van der Waals surface area contributed by atoms with Crippen LogP contribution in [0.3, 0.4) is 0 Å². The molecule has 1 aliphatic heterocycles. The van der Waals surface area contributed by atoms with Crippen LogP contribution in [0.1, 0.15) is 32.1 Å². The number of carbonyl (C=O) groups is 1. The van der Waals surface area contributed by atoms with Crippen molar-refractivity contribution < 1.29 is 14.5 Å². The molecule has 2 N–H and O–H groups in total. The molecule has 0 saturated carbocycles. The Hall–Kier alpha value is -0.650. The number of rotatable bonds is 8. The summed E-state index contributed by atoms with van der Waals surface area (Å²) < 4.78 is 0.665. The molecule has 0 aliphatic carbocycles. The largest absolute Gasteiger partial charge is 0.396 e. The van der Waals surface area contributed by atoms with Gasteiger partial charge in [-0.15, -0.1) is 0 Å². The second-order valence-electron chi connectivity index (χ2n) is 5.55. The number of amides is 1. The standard InChI is InChI=1S/C13H27N3O2/c1-15(2)8-5-10-16(14-12-18)9-4-3-6-13(16)7-11-17/h12-13,17H,3-11H2,1-2H3/p+1. The van der Waals surface area contributed by atoms with Gasteiger partial charge in [0.1, 0.15) is 19.1 Å². The van der Waals surface area contributed by atoms with Gasteiger partial charge in [-0.1, -0.05) is 0 Å². The lowest BCUT2D eigenvalue weighted by Gasteiger charge is -2.45. The van der Waals surface area contributed by atoms with E-state index in [1.807, 2.05) is 0 Å². The van der Waals surface area contributed by atoms with Crippen LogP contribution in [0.15, 0.2) is 0 Å². The van der Waals surface area contributed by atoms with Crippen LogP contribution in [0.2, 0.25) is 0 Å². The zero-order chi connectivity index (χ0) is 13.4.